The van der Waals surface area contributed by atoms with Crippen molar-refractivity contribution in [2.24, 2.45) is 4.99 Å². The fourth-order valence-corrected chi connectivity index (χ4v) is 1.57. The maximum absolute atomic E-state index is 4.66. The molecule has 0 fully saturated rings. The third-order valence-electron chi connectivity index (χ3n) is 2.24. The Morgan fingerprint density at radius 2 is 1.88 bits per heavy atom. The van der Waals surface area contributed by atoms with E-state index in [9.17, 15) is 0 Å². The number of benzene rings is 1. The predicted molar refractivity (Wildman–Crippen MR) is 71.3 cm³/mol. The van der Waals surface area contributed by atoms with Gasteiger partial charge in [0.05, 0.1) is 0 Å². The fourth-order valence-electron chi connectivity index (χ4n) is 1.57. The molecule has 3 nitrogen and oxygen atoms in total. The normalized spacial score (nSPS) is 11.8. The van der Waals surface area contributed by atoms with E-state index in [4.69, 9.17) is 0 Å². The van der Waals surface area contributed by atoms with E-state index in [2.05, 4.69) is 41.2 Å². The summed E-state index contributed by atoms with van der Waals surface area (Å²) in [6, 6.07) is 8.51. The summed E-state index contributed by atoms with van der Waals surface area (Å²) in [5.41, 5.74) is 2.25. The molecule has 0 radical (unpaired) electrons. The Hall–Kier alpha value is -1.51. The van der Waals surface area contributed by atoms with Gasteiger partial charge >= 0.3 is 0 Å². The van der Waals surface area contributed by atoms with Crippen LogP contribution in [0, 0.1) is 0 Å². The van der Waals surface area contributed by atoms with E-state index in [-0.39, 0.29) is 0 Å². The zero-order chi connectivity index (χ0) is 12.1. The van der Waals surface area contributed by atoms with E-state index in [1.54, 1.807) is 0 Å². The number of hydrogen-bond donors (Lipinski definition) is 1. The third kappa shape index (κ3) is 2.99. The highest BCUT2D eigenvalue weighted by molar-refractivity contribution is 6.03. The van der Waals surface area contributed by atoms with Crippen molar-refractivity contribution in [3.63, 3.8) is 0 Å². The summed E-state index contributed by atoms with van der Waals surface area (Å²) in [4.78, 5) is 6.71. The minimum absolute atomic E-state index is 0.294. The topological polar surface area (TPSA) is 27.6 Å². The van der Waals surface area contributed by atoms with Crippen molar-refractivity contribution in [2.45, 2.75) is 19.9 Å². The molecule has 0 bridgehead atoms. The number of amidine groups is 1. The van der Waals surface area contributed by atoms with Crippen LogP contribution in [0.3, 0.4) is 0 Å². The predicted octanol–water partition coefficient (Wildman–Crippen LogP) is 2.44. The van der Waals surface area contributed by atoms with Crippen LogP contribution >= 0.6 is 0 Å². The molecule has 0 amide bonds. The Morgan fingerprint density at radius 3 is 2.38 bits per heavy atom. The molecule has 88 valence electrons. The van der Waals surface area contributed by atoms with Crippen molar-refractivity contribution in [1.82, 2.24) is 4.90 Å². The molecule has 1 aromatic rings. The lowest BCUT2D eigenvalue weighted by molar-refractivity contribution is 0.612. The number of anilines is 1. The summed E-state index contributed by atoms with van der Waals surface area (Å²) in [6.45, 7) is 4.18. The van der Waals surface area contributed by atoms with Crippen LogP contribution in [0.4, 0.5) is 5.69 Å². The molecule has 0 unspecified atom stereocenters. The number of rotatable bonds is 3. The highest BCUT2D eigenvalue weighted by atomic mass is 15.1. The standard InChI is InChI=1S/C13H21N3/c1-10(2)15-13(16(4)5)11-8-6-7-9-12(11)14-3/h6-10,14H,1-5H3. The van der Waals surface area contributed by atoms with Crippen LogP contribution in [-0.2, 0) is 0 Å². The molecule has 0 atom stereocenters. The van der Waals surface area contributed by atoms with Crippen LogP contribution in [0.1, 0.15) is 19.4 Å². The van der Waals surface area contributed by atoms with Crippen molar-refractivity contribution in [2.75, 3.05) is 26.5 Å². The second-order valence-corrected chi connectivity index (χ2v) is 4.24. The van der Waals surface area contributed by atoms with Gasteiger partial charge in [0.25, 0.3) is 0 Å². The van der Waals surface area contributed by atoms with E-state index in [0.29, 0.717) is 6.04 Å². The van der Waals surface area contributed by atoms with Crippen molar-refractivity contribution in [3.05, 3.63) is 29.8 Å². The molecule has 0 aliphatic carbocycles. The van der Waals surface area contributed by atoms with Gasteiger partial charge in [-0.05, 0) is 26.0 Å². The molecular formula is C13H21N3. The van der Waals surface area contributed by atoms with Gasteiger partial charge < -0.3 is 10.2 Å². The molecule has 1 aromatic carbocycles. The molecule has 0 spiro atoms. The molecule has 1 N–H and O–H groups in total. The Kier molecular flexibility index (Phi) is 4.35. The Morgan fingerprint density at radius 1 is 1.25 bits per heavy atom. The second kappa shape index (κ2) is 5.54. The molecule has 16 heavy (non-hydrogen) atoms. The summed E-state index contributed by atoms with van der Waals surface area (Å²) in [6.07, 6.45) is 0. The summed E-state index contributed by atoms with van der Waals surface area (Å²) < 4.78 is 0. The number of nitrogens with one attached hydrogen (secondary N) is 1. The Labute approximate surface area is 98.2 Å². The van der Waals surface area contributed by atoms with Gasteiger partial charge in [0.2, 0.25) is 0 Å². The Bertz CT molecular complexity index is 367. The van der Waals surface area contributed by atoms with Crippen LogP contribution in [0.25, 0.3) is 0 Å². The molecular weight excluding hydrogens is 198 g/mol. The molecule has 0 aliphatic heterocycles. The van der Waals surface area contributed by atoms with Crippen LogP contribution in [0.2, 0.25) is 0 Å². The zero-order valence-electron chi connectivity index (χ0n) is 10.8. The number of aliphatic imine (C=N–C) groups is 1. The summed E-state index contributed by atoms with van der Waals surface area (Å²) in [7, 11) is 5.97. The maximum Gasteiger partial charge on any atom is 0.132 e. The van der Waals surface area contributed by atoms with E-state index < -0.39 is 0 Å². The smallest absolute Gasteiger partial charge is 0.132 e. The molecule has 0 heterocycles. The number of para-hydroxylation sites is 1. The lowest BCUT2D eigenvalue weighted by Gasteiger charge is -2.19. The SMILES string of the molecule is CNc1ccccc1C(=NC(C)C)N(C)C. The van der Waals surface area contributed by atoms with Crippen molar-refractivity contribution in [1.29, 1.82) is 0 Å². The van der Waals surface area contributed by atoms with Crippen LogP contribution in [-0.4, -0.2) is 37.9 Å². The van der Waals surface area contributed by atoms with Crippen LogP contribution in [0.15, 0.2) is 29.3 Å². The maximum atomic E-state index is 4.66. The average Bonchev–Trinajstić information content (AvgIpc) is 2.25. The summed E-state index contributed by atoms with van der Waals surface area (Å²) >= 11 is 0. The van der Waals surface area contributed by atoms with Gasteiger partial charge in [-0.3, -0.25) is 4.99 Å². The quantitative estimate of drug-likeness (QED) is 0.624. The first-order chi connectivity index (χ1) is 7.56. The van der Waals surface area contributed by atoms with E-state index in [1.807, 2.05) is 33.3 Å². The first-order valence-corrected chi connectivity index (χ1v) is 5.58. The summed E-state index contributed by atoms with van der Waals surface area (Å²) in [5, 5.41) is 3.20. The molecule has 0 saturated heterocycles. The fraction of sp³-hybridized carbons (Fsp3) is 0.462. The minimum atomic E-state index is 0.294. The average molecular weight is 219 g/mol. The van der Waals surface area contributed by atoms with Gasteiger partial charge in [-0.1, -0.05) is 12.1 Å². The molecule has 1 rings (SSSR count). The van der Waals surface area contributed by atoms with Gasteiger partial charge in [-0.2, -0.15) is 0 Å². The zero-order valence-corrected chi connectivity index (χ0v) is 10.8. The molecule has 0 aliphatic rings. The van der Waals surface area contributed by atoms with Gasteiger partial charge in [0.15, 0.2) is 0 Å². The second-order valence-electron chi connectivity index (χ2n) is 4.24. The van der Waals surface area contributed by atoms with Crippen molar-refractivity contribution < 1.29 is 0 Å². The van der Waals surface area contributed by atoms with E-state index in [0.717, 1.165) is 17.1 Å². The van der Waals surface area contributed by atoms with Crippen molar-refractivity contribution >= 4 is 11.5 Å². The molecule has 0 aromatic heterocycles. The van der Waals surface area contributed by atoms with Crippen LogP contribution < -0.4 is 5.32 Å². The largest absolute Gasteiger partial charge is 0.388 e. The Balaban J connectivity index is 3.21. The number of nitrogens with zero attached hydrogens (tertiary/aromatic N) is 2. The number of hydrogen-bond acceptors (Lipinski definition) is 2. The van der Waals surface area contributed by atoms with E-state index in [1.165, 1.54) is 0 Å². The molecule has 0 saturated carbocycles. The van der Waals surface area contributed by atoms with Crippen molar-refractivity contribution in [3.8, 4) is 0 Å². The summed E-state index contributed by atoms with van der Waals surface area (Å²) in [5.74, 6) is 1.01. The van der Waals surface area contributed by atoms with Gasteiger partial charge in [-0.25, -0.2) is 0 Å². The highest BCUT2D eigenvalue weighted by Crippen LogP contribution is 2.16. The van der Waals surface area contributed by atoms with Gasteiger partial charge in [0.1, 0.15) is 5.84 Å². The first kappa shape index (κ1) is 12.6. The van der Waals surface area contributed by atoms with Gasteiger partial charge in [-0.15, -0.1) is 0 Å². The minimum Gasteiger partial charge on any atom is -0.388 e. The van der Waals surface area contributed by atoms with Crippen LogP contribution in [0.5, 0.6) is 0 Å². The first-order valence-electron chi connectivity index (χ1n) is 5.58. The highest BCUT2D eigenvalue weighted by Gasteiger charge is 2.10. The third-order valence-corrected chi connectivity index (χ3v) is 2.24. The lowest BCUT2D eigenvalue weighted by Crippen LogP contribution is -2.25. The van der Waals surface area contributed by atoms with Gasteiger partial charge in [0, 0.05) is 38.4 Å². The lowest BCUT2D eigenvalue weighted by atomic mass is 10.1. The van der Waals surface area contributed by atoms with E-state index >= 15 is 0 Å². The molecule has 3 heteroatoms. The monoisotopic (exact) mass is 219 g/mol.